The number of nitriles is 1. The molecule has 0 atom stereocenters. The molecule has 6 heteroatoms. The molecule has 19 heavy (non-hydrogen) atoms. The summed E-state index contributed by atoms with van der Waals surface area (Å²) in [6, 6.07) is 9.20. The molecule has 0 saturated carbocycles. The Morgan fingerprint density at radius 2 is 2.05 bits per heavy atom. The summed E-state index contributed by atoms with van der Waals surface area (Å²) in [6.45, 7) is 2.88. The summed E-state index contributed by atoms with van der Waals surface area (Å²) in [6.07, 6.45) is 2.55. The molecule has 96 valence electrons. The van der Waals surface area contributed by atoms with Crippen molar-refractivity contribution < 1.29 is 0 Å². The molecule has 2 rings (SSSR count). The number of hydrogen-bond acceptors (Lipinski definition) is 6. The maximum absolute atomic E-state index is 8.73. The van der Waals surface area contributed by atoms with Gasteiger partial charge in [-0.25, -0.2) is 0 Å². The Morgan fingerprint density at radius 1 is 1.26 bits per heavy atom. The van der Waals surface area contributed by atoms with Gasteiger partial charge >= 0.3 is 0 Å². The molecule has 0 aliphatic carbocycles. The van der Waals surface area contributed by atoms with E-state index in [0.717, 1.165) is 18.7 Å². The fraction of sp³-hybridized carbons (Fsp3) is 0.231. The second-order valence-corrected chi connectivity index (χ2v) is 3.91. The van der Waals surface area contributed by atoms with Crippen LogP contribution in [-0.2, 0) is 0 Å². The average Bonchev–Trinajstić information content (AvgIpc) is 2.46. The molecule has 0 radical (unpaired) electrons. The summed E-state index contributed by atoms with van der Waals surface area (Å²) in [7, 11) is 0. The SMILES string of the molecule is CCCNc1nncc(Nc2ccc(C#N)cc2)n1. The van der Waals surface area contributed by atoms with Gasteiger partial charge in [-0.15, -0.1) is 5.10 Å². The minimum Gasteiger partial charge on any atom is -0.353 e. The molecule has 2 aromatic rings. The van der Waals surface area contributed by atoms with Crippen LogP contribution in [0.2, 0.25) is 0 Å². The minimum atomic E-state index is 0.500. The Hall–Kier alpha value is -2.68. The van der Waals surface area contributed by atoms with E-state index in [1.807, 2.05) is 12.1 Å². The molecule has 0 fully saturated rings. The third kappa shape index (κ3) is 3.64. The highest BCUT2D eigenvalue weighted by Crippen LogP contribution is 2.14. The van der Waals surface area contributed by atoms with Crippen LogP contribution in [0.3, 0.4) is 0 Å². The lowest BCUT2D eigenvalue weighted by Gasteiger charge is -2.06. The van der Waals surface area contributed by atoms with E-state index in [0.29, 0.717) is 17.3 Å². The van der Waals surface area contributed by atoms with Crippen molar-refractivity contribution >= 4 is 17.5 Å². The van der Waals surface area contributed by atoms with Gasteiger partial charge in [-0.3, -0.25) is 0 Å². The third-order valence-electron chi connectivity index (χ3n) is 2.38. The van der Waals surface area contributed by atoms with Crippen molar-refractivity contribution in [3.8, 4) is 6.07 Å². The zero-order chi connectivity index (χ0) is 13.5. The van der Waals surface area contributed by atoms with Gasteiger partial charge < -0.3 is 10.6 Å². The lowest BCUT2D eigenvalue weighted by Crippen LogP contribution is -2.06. The predicted octanol–water partition coefficient (Wildman–Crippen LogP) is 2.31. The lowest BCUT2D eigenvalue weighted by molar-refractivity contribution is 0.913. The Balaban J connectivity index is 2.07. The Morgan fingerprint density at radius 3 is 2.74 bits per heavy atom. The average molecular weight is 254 g/mol. The van der Waals surface area contributed by atoms with Crippen molar-refractivity contribution in [3.05, 3.63) is 36.0 Å². The van der Waals surface area contributed by atoms with Crippen LogP contribution in [0.5, 0.6) is 0 Å². The first-order chi connectivity index (χ1) is 9.31. The van der Waals surface area contributed by atoms with Crippen LogP contribution in [0, 0.1) is 11.3 Å². The van der Waals surface area contributed by atoms with Gasteiger partial charge in [0.05, 0.1) is 17.8 Å². The molecule has 2 N–H and O–H groups in total. The van der Waals surface area contributed by atoms with E-state index in [1.165, 1.54) is 0 Å². The highest BCUT2D eigenvalue weighted by atomic mass is 15.3. The Kier molecular flexibility index (Phi) is 4.24. The van der Waals surface area contributed by atoms with Crippen molar-refractivity contribution in [3.63, 3.8) is 0 Å². The van der Waals surface area contributed by atoms with Crippen molar-refractivity contribution in [2.75, 3.05) is 17.2 Å². The van der Waals surface area contributed by atoms with Gasteiger partial charge in [0.15, 0.2) is 5.82 Å². The van der Waals surface area contributed by atoms with E-state index >= 15 is 0 Å². The molecule has 0 saturated heterocycles. The van der Waals surface area contributed by atoms with E-state index in [4.69, 9.17) is 5.26 Å². The van der Waals surface area contributed by atoms with Gasteiger partial charge in [-0.2, -0.15) is 15.3 Å². The molecular formula is C13H14N6. The molecule has 0 unspecified atom stereocenters. The quantitative estimate of drug-likeness (QED) is 0.851. The summed E-state index contributed by atoms with van der Waals surface area (Å²) in [5, 5.41) is 22.7. The number of aromatic nitrogens is 3. The summed E-state index contributed by atoms with van der Waals surface area (Å²) >= 11 is 0. The molecule has 0 aliphatic rings. The van der Waals surface area contributed by atoms with Gasteiger partial charge in [0.1, 0.15) is 0 Å². The first-order valence-corrected chi connectivity index (χ1v) is 6.02. The maximum Gasteiger partial charge on any atom is 0.244 e. The van der Waals surface area contributed by atoms with E-state index in [-0.39, 0.29) is 0 Å². The second-order valence-electron chi connectivity index (χ2n) is 3.91. The number of rotatable bonds is 5. The van der Waals surface area contributed by atoms with Gasteiger partial charge in [0, 0.05) is 12.2 Å². The van der Waals surface area contributed by atoms with Crippen molar-refractivity contribution in [2.45, 2.75) is 13.3 Å². The summed E-state index contributed by atoms with van der Waals surface area (Å²) < 4.78 is 0. The lowest BCUT2D eigenvalue weighted by atomic mass is 10.2. The third-order valence-corrected chi connectivity index (χ3v) is 2.38. The summed E-state index contributed by atoms with van der Waals surface area (Å²) in [4.78, 5) is 4.29. The standard InChI is InChI=1S/C13H14N6/c1-2-7-15-13-18-12(9-16-19-13)17-11-5-3-10(8-14)4-6-11/h3-6,9H,2,7H2,1H3,(H2,15,17,18,19). The predicted molar refractivity (Wildman–Crippen MR) is 73.0 cm³/mol. The molecule has 0 amide bonds. The zero-order valence-corrected chi connectivity index (χ0v) is 10.6. The van der Waals surface area contributed by atoms with Gasteiger partial charge in [-0.1, -0.05) is 6.92 Å². The minimum absolute atomic E-state index is 0.500. The maximum atomic E-state index is 8.73. The summed E-state index contributed by atoms with van der Waals surface area (Å²) in [5.41, 5.74) is 1.47. The normalized spacial score (nSPS) is 9.68. The topological polar surface area (TPSA) is 86.5 Å². The number of nitrogens with zero attached hydrogens (tertiary/aromatic N) is 4. The van der Waals surface area contributed by atoms with Gasteiger partial charge in [0.25, 0.3) is 0 Å². The van der Waals surface area contributed by atoms with E-state index in [9.17, 15) is 0 Å². The monoisotopic (exact) mass is 254 g/mol. The van der Waals surface area contributed by atoms with E-state index < -0.39 is 0 Å². The molecule has 1 aromatic heterocycles. The zero-order valence-electron chi connectivity index (χ0n) is 10.6. The molecule has 0 bridgehead atoms. The molecule has 0 aliphatic heterocycles. The van der Waals surface area contributed by atoms with Gasteiger partial charge in [0.2, 0.25) is 5.95 Å². The number of hydrogen-bond donors (Lipinski definition) is 2. The molecule has 1 aromatic carbocycles. The van der Waals surface area contributed by atoms with Gasteiger partial charge in [-0.05, 0) is 30.7 Å². The Labute approximate surface area is 111 Å². The summed E-state index contributed by atoms with van der Waals surface area (Å²) in [5.74, 6) is 1.11. The number of anilines is 3. The van der Waals surface area contributed by atoms with Crippen molar-refractivity contribution in [2.24, 2.45) is 0 Å². The van der Waals surface area contributed by atoms with E-state index in [2.05, 4.69) is 38.8 Å². The van der Waals surface area contributed by atoms with Crippen LogP contribution in [0.4, 0.5) is 17.5 Å². The van der Waals surface area contributed by atoms with Crippen LogP contribution in [0.25, 0.3) is 0 Å². The highest BCUT2D eigenvalue weighted by molar-refractivity contribution is 5.57. The number of benzene rings is 1. The largest absolute Gasteiger partial charge is 0.353 e. The fourth-order valence-electron chi connectivity index (χ4n) is 1.45. The fourth-order valence-corrected chi connectivity index (χ4v) is 1.45. The van der Waals surface area contributed by atoms with E-state index in [1.54, 1.807) is 18.3 Å². The van der Waals surface area contributed by atoms with Crippen LogP contribution in [-0.4, -0.2) is 21.7 Å². The van der Waals surface area contributed by atoms with Crippen LogP contribution in [0.1, 0.15) is 18.9 Å². The van der Waals surface area contributed by atoms with Crippen LogP contribution >= 0.6 is 0 Å². The van der Waals surface area contributed by atoms with Crippen molar-refractivity contribution in [1.29, 1.82) is 5.26 Å². The molecular weight excluding hydrogens is 240 g/mol. The molecule has 0 spiro atoms. The molecule has 1 heterocycles. The van der Waals surface area contributed by atoms with Crippen LogP contribution < -0.4 is 10.6 Å². The Bertz CT molecular complexity index is 572. The first-order valence-electron chi connectivity index (χ1n) is 6.02. The number of nitrogens with one attached hydrogen (secondary N) is 2. The van der Waals surface area contributed by atoms with Crippen LogP contribution in [0.15, 0.2) is 30.5 Å². The highest BCUT2D eigenvalue weighted by Gasteiger charge is 2.00. The van der Waals surface area contributed by atoms with Crippen molar-refractivity contribution in [1.82, 2.24) is 15.2 Å². The first kappa shape index (κ1) is 12.8. The molecule has 6 nitrogen and oxygen atoms in total. The smallest absolute Gasteiger partial charge is 0.244 e. The second kappa shape index (κ2) is 6.31.